The number of hydrogen-bond donors (Lipinski definition) is 0. The first-order valence-corrected chi connectivity index (χ1v) is 11.6. The minimum atomic E-state index is 0.589. The molecule has 164 valence electrons. The van der Waals surface area contributed by atoms with Crippen molar-refractivity contribution in [2.75, 3.05) is 18.0 Å². The lowest BCUT2D eigenvalue weighted by atomic mass is 10.1. The molecule has 6 nitrogen and oxygen atoms in total. The highest BCUT2D eigenvalue weighted by Gasteiger charge is 2.17. The van der Waals surface area contributed by atoms with Gasteiger partial charge in [-0.15, -0.1) is 0 Å². The highest BCUT2D eigenvalue weighted by atomic mass is 15.2. The monoisotopic (exact) mass is 426 g/mol. The molecule has 0 saturated carbocycles. The van der Waals surface area contributed by atoms with Crippen molar-refractivity contribution in [2.45, 2.75) is 46.0 Å². The van der Waals surface area contributed by atoms with E-state index in [0.29, 0.717) is 12.3 Å². The summed E-state index contributed by atoms with van der Waals surface area (Å²) in [6, 6.07) is 12.7. The molecule has 1 fully saturated rings. The van der Waals surface area contributed by atoms with Crippen molar-refractivity contribution >= 4 is 11.5 Å². The van der Waals surface area contributed by atoms with Gasteiger partial charge in [0, 0.05) is 55.6 Å². The van der Waals surface area contributed by atoms with Gasteiger partial charge in [-0.25, -0.2) is 15.0 Å². The van der Waals surface area contributed by atoms with E-state index in [9.17, 15) is 0 Å². The third-order valence-corrected chi connectivity index (χ3v) is 5.91. The molecule has 6 heteroatoms. The number of nitrogens with zero attached hydrogens (tertiary/aromatic N) is 6. The van der Waals surface area contributed by atoms with E-state index in [4.69, 9.17) is 15.0 Å². The van der Waals surface area contributed by atoms with E-state index in [-0.39, 0.29) is 0 Å². The summed E-state index contributed by atoms with van der Waals surface area (Å²) in [6.07, 6.45) is 10.7. The first-order chi connectivity index (χ1) is 15.6. The van der Waals surface area contributed by atoms with Crippen molar-refractivity contribution in [2.24, 2.45) is 5.92 Å². The van der Waals surface area contributed by atoms with Crippen LogP contribution in [0.5, 0.6) is 0 Å². The van der Waals surface area contributed by atoms with Crippen molar-refractivity contribution < 1.29 is 0 Å². The third-order valence-electron chi connectivity index (χ3n) is 5.91. The summed E-state index contributed by atoms with van der Waals surface area (Å²) in [5, 5.41) is 0. The Kier molecular flexibility index (Phi) is 5.84. The molecule has 5 heterocycles. The molecule has 0 radical (unpaired) electrons. The van der Waals surface area contributed by atoms with Gasteiger partial charge in [0.25, 0.3) is 0 Å². The molecule has 4 aromatic heterocycles. The van der Waals surface area contributed by atoms with Crippen molar-refractivity contribution in [3.05, 3.63) is 83.5 Å². The largest absolute Gasteiger partial charge is 0.357 e. The van der Waals surface area contributed by atoms with Crippen LogP contribution in [0, 0.1) is 5.92 Å². The summed E-state index contributed by atoms with van der Waals surface area (Å²) in [6.45, 7) is 6.59. The Bertz CT molecular complexity index is 1210. The Morgan fingerprint density at radius 3 is 2.56 bits per heavy atom. The number of imidazole rings is 1. The standard InChI is InChI=1S/C26H30N6/c1-19(2)14-21-6-5-7-22(28-21)17-24-29-23(18-26(30-24)31-10-3-4-11-31)15-20-8-12-32-13-9-27-25(32)16-20/h5-9,12-13,16,18-19H,3-4,10-11,14-15,17H2,1-2H3. The second-order valence-electron chi connectivity index (χ2n) is 9.13. The molecule has 1 saturated heterocycles. The normalized spacial score (nSPS) is 14.0. The quantitative estimate of drug-likeness (QED) is 0.435. The molecule has 0 atom stereocenters. The number of hydrogen-bond acceptors (Lipinski definition) is 5. The summed E-state index contributed by atoms with van der Waals surface area (Å²) in [5.74, 6) is 2.48. The van der Waals surface area contributed by atoms with Crippen LogP contribution in [-0.4, -0.2) is 37.4 Å². The van der Waals surface area contributed by atoms with E-state index in [1.807, 2.05) is 16.8 Å². The first-order valence-electron chi connectivity index (χ1n) is 11.6. The molecule has 5 rings (SSSR count). The number of anilines is 1. The van der Waals surface area contributed by atoms with E-state index < -0.39 is 0 Å². The minimum absolute atomic E-state index is 0.589. The molecule has 0 aromatic carbocycles. The number of aromatic nitrogens is 5. The molecular formula is C26H30N6. The Morgan fingerprint density at radius 2 is 1.72 bits per heavy atom. The molecule has 0 bridgehead atoms. The number of rotatable bonds is 7. The van der Waals surface area contributed by atoms with Crippen LogP contribution < -0.4 is 4.90 Å². The molecule has 4 aromatic rings. The van der Waals surface area contributed by atoms with Crippen LogP contribution in [0.15, 0.2) is 55.0 Å². The van der Waals surface area contributed by atoms with Crippen molar-refractivity contribution in [3.8, 4) is 0 Å². The van der Waals surface area contributed by atoms with Gasteiger partial charge < -0.3 is 9.30 Å². The average molecular weight is 427 g/mol. The summed E-state index contributed by atoms with van der Waals surface area (Å²) in [5.41, 5.74) is 5.39. The molecule has 0 aliphatic carbocycles. The molecule has 1 aliphatic heterocycles. The topological polar surface area (TPSA) is 59.2 Å². The summed E-state index contributed by atoms with van der Waals surface area (Å²) in [7, 11) is 0. The lowest BCUT2D eigenvalue weighted by molar-refractivity contribution is 0.633. The van der Waals surface area contributed by atoms with Gasteiger partial charge in [-0.3, -0.25) is 4.98 Å². The van der Waals surface area contributed by atoms with Gasteiger partial charge >= 0.3 is 0 Å². The van der Waals surface area contributed by atoms with Crippen LogP contribution in [0.2, 0.25) is 0 Å². The Balaban J connectivity index is 1.44. The first kappa shape index (κ1) is 20.6. The third kappa shape index (κ3) is 4.79. The van der Waals surface area contributed by atoms with Gasteiger partial charge in [-0.1, -0.05) is 19.9 Å². The van der Waals surface area contributed by atoms with Gasteiger partial charge in [0.2, 0.25) is 0 Å². The second kappa shape index (κ2) is 9.07. The van der Waals surface area contributed by atoms with Gasteiger partial charge in [0.05, 0.1) is 12.1 Å². The second-order valence-corrected chi connectivity index (χ2v) is 9.13. The highest BCUT2D eigenvalue weighted by Crippen LogP contribution is 2.21. The van der Waals surface area contributed by atoms with Crippen molar-refractivity contribution in [1.82, 2.24) is 24.3 Å². The molecular weight excluding hydrogens is 396 g/mol. The Morgan fingerprint density at radius 1 is 0.875 bits per heavy atom. The van der Waals surface area contributed by atoms with Gasteiger partial charge in [0.1, 0.15) is 17.3 Å². The van der Waals surface area contributed by atoms with Crippen LogP contribution in [0.25, 0.3) is 5.65 Å². The fourth-order valence-electron chi connectivity index (χ4n) is 4.41. The Hall–Kier alpha value is -3.28. The molecule has 0 N–H and O–H groups in total. The van der Waals surface area contributed by atoms with Crippen LogP contribution in [0.1, 0.15) is 55.2 Å². The van der Waals surface area contributed by atoms with E-state index in [1.54, 1.807) is 0 Å². The van der Waals surface area contributed by atoms with E-state index in [2.05, 4.69) is 66.3 Å². The average Bonchev–Trinajstić information content (AvgIpc) is 3.45. The number of pyridine rings is 2. The molecule has 32 heavy (non-hydrogen) atoms. The minimum Gasteiger partial charge on any atom is -0.357 e. The van der Waals surface area contributed by atoms with Gasteiger partial charge in [0.15, 0.2) is 0 Å². The fraction of sp³-hybridized carbons (Fsp3) is 0.385. The predicted octanol–water partition coefficient (Wildman–Crippen LogP) is 4.50. The predicted molar refractivity (Wildman–Crippen MR) is 127 cm³/mol. The lowest BCUT2D eigenvalue weighted by Crippen LogP contribution is -2.20. The fourth-order valence-corrected chi connectivity index (χ4v) is 4.41. The Labute approximate surface area is 189 Å². The van der Waals surface area contributed by atoms with Gasteiger partial charge in [-0.2, -0.15) is 0 Å². The van der Waals surface area contributed by atoms with Crippen LogP contribution >= 0.6 is 0 Å². The summed E-state index contributed by atoms with van der Waals surface area (Å²) in [4.78, 5) is 21.6. The maximum absolute atomic E-state index is 4.95. The van der Waals surface area contributed by atoms with E-state index >= 15 is 0 Å². The zero-order valence-corrected chi connectivity index (χ0v) is 18.9. The van der Waals surface area contributed by atoms with Gasteiger partial charge in [-0.05, 0) is 55.0 Å². The molecule has 0 unspecified atom stereocenters. The van der Waals surface area contributed by atoms with Crippen LogP contribution in [0.4, 0.5) is 5.82 Å². The van der Waals surface area contributed by atoms with Crippen LogP contribution in [-0.2, 0) is 19.3 Å². The lowest BCUT2D eigenvalue weighted by Gasteiger charge is -2.18. The molecule has 0 amide bonds. The highest BCUT2D eigenvalue weighted by molar-refractivity contribution is 5.45. The zero-order valence-electron chi connectivity index (χ0n) is 18.9. The van der Waals surface area contributed by atoms with E-state index in [0.717, 1.165) is 60.3 Å². The maximum Gasteiger partial charge on any atom is 0.136 e. The maximum atomic E-state index is 4.95. The molecule has 1 aliphatic rings. The number of fused-ring (bicyclic) bond motifs is 1. The molecule has 0 spiro atoms. The van der Waals surface area contributed by atoms with Crippen molar-refractivity contribution in [1.29, 1.82) is 0 Å². The van der Waals surface area contributed by atoms with E-state index in [1.165, 1.54) is 18.4 Å². The SMILES string of the molecule is CC(C)Cc1cccc(Cc2nc(Cc3ccn4ccnc4c3)cc(N3CCCC3)n2)n1. The summed E-state index contributed by atoms with van der Waals surface area (Å²) < 4.78 is 2.03. The smallest absolute Gasteiger partial charge is 0.136 e. The zero-order chi connectivity index (χ0) is 21.9. The summed E-state index contributed by atoms with van der Waals surface area (Å²) >= 11 is 0. The van der Waals surface area contributed by atoms with Crippen molar-refractivity contribution in [3.63, 3.8) is 0 Å². The van der Waals surface area contributed by atoms with Crippen LogP contribution in [0.3, 0.4) is 0 Å².